The maximum atomic E-state index is 13.2. The summed E-state index contributed by atoms with van der Waals surface area (Å²) >= 11 is 0. The lowest BCUT2D eigenvalue weighted by Gasteiger charge is -2.38. The number of likely N-dealkylation sites (tertiary alicyclic amines) is 1. The number of piperidine rings is 2. The summed E-state index contributed by atoms with van der Waals surface area (Å²) < 4.78 is 28.1. The molecule has 25 heavy (non-hydrogen) atoms. The Labute approximate surface area is 153 Å². The Balaban J connectivity index is 1.70. The van der Waals surface area contributed by atoms with Gasteiger partial charge in [0, 0.05) is 25.9 Å². The van der Waals surface area contributed by atoms with Crippen LogP contribution in [0.25, 0.3) is 0 Å². The van der Waals surface area contributed by atoms with Crippen molar-refractivity contribution in [3.63, 3.8) is 0 Å². The smallest absolute Gasteiger partial charge is 0.243 e. The standard InChI is InChI=1S/C20H32N2O2S/c1-15-5-9-21(10-6-15)19-7-11-22(12-8-19)25(23,24)20-17(3)13-16(2)14-18(20)4/h13-15,19H,5-12H2,1-4H3/p+1. The number of aryl methyl sites for hydroxylation is 3. The van der Waals surface area contributed by atoms with Crippen molar-refractivity contribution in [1.29, 1.82) is 0 Å². The molecule has 0 saturated carbocycles. The van der Waals surface area contributed by atoms with Crippen LogP contribution in [0.5, 0.6) is 0 Å². The van der Waals surface area contributed by atoms with Crippen LogP contribution in [-0.2, 0) is 10.0 Å². The molecule has 2 saturated heterocycles. The van der Waals surface area contributed by atoms with Gasteiger partial charge in [-0.1, -0.05) is 24.6 Å². The fraction of sp³-hybridized carbons (Fsp3) is 0.700. The Kier molecular flexibility index (Phi) is 5.57. The van der Waals surface area contributed by atoms with Crippen LogP contribution in [0.3, 0.4) is 0 Å². The molecular formula is C20H33N2O2S+. The molecule has 2 heterocycles. The Hall–Kier alpha value is -0.910. The SMILES string of the molecule is Cc1cc(C)c(S(=O)(=O)N2CCC([NH+]3CCC(C)CC3)CC2)c(C)c1. The molecule has 5 heteroatoms. The van der Waals surface area contributed by atoms with Crippen molar-refractivity contribution in [2.24, 2.45) is 5.92 Å². The van der Waals surface area contributed by atoms with E-state index in [2.05, 4.69) is 6.92 Å². The summed E-state index contributed by atoms with van der Waals surface area (Å²) in [6.07, 6.45) is 4.62. The van der Waals surface area contributed by atoms with Gasteiger partial charge < -0.3 is 4.90 Å². The highest BCUT2D eigenvalue weighted by Crippen LogP contribution is 2.27. The molecule has 1 N–H and O–H groups in total. The fourth-order valence-electron chi connectivity index (χ4n) is 4.75. The predicted molar refractivity (Wildman–Crippen MR) is 102 cm³/mol. The van der Waals surface area contributed by atoms with Crippen molar-refractivity contribution in [3.05, 3.63) is 28.8 Å². The van der Waals surface area contributed by atoms with Crippen LogP contribution in [0.15, 0.2) is 17.0 Å². The highest BCUT2D eigenvalue weighted by molar-refractivity contribution is 7.89. The summed E-state index contributed by atoms with van der Waals surface area (Å²) in [7, 11) is -3.38. The quantitative estimate of drug-likeness (QED) is 0.891. The Morgan fingerprint density at radius 3 is 2.00 bits per heavy atom. The number of hydrogen-bond acceptors (Lipinski definition) is 2. The van der Waals surface area contributed by atoms with E-state index in [1.54, 1.807) is 9.21 Å². The van der Waals surface area contributed by atoms with Gasteiger partial charge in [0.15, 0.2) is 0 Å². The van der Waals surface area contributed by atoms with Crippen molar-refractivity contribution < 1.29 is 13.3 Å². The Morgan fingerprint density at radius 2 is 1.48 bits per heavy atom. The largest absolute Gasteiger partial charge is 0.332 e. The van der Waals surface area contributed by atoms with Gasteiger partial charge in [-0.05, 0) is 50.7 Å². The fourth-order valence-corrected chi connectivity index (χ4v) is 6.63. The van der Waals surface area contributed by atoms with E-state index in [0.717, 1.165) is 35.4 Å². The minimum absolute atomic E-state index is 0.524. The lowest BCUT2D eigenvalue weighted by molar-refractivity contribution is -0.932. The zero-order valence-corrected chi connectivity index (χ0v) is 17.0. The van der Waals surface area contributed by atoms with Crippen molar-refractivity contribution in [1.82, 2.24) is 4.31 Å². The van der Waals surface area contributed by atoms with E-state index < -0.39 is 10.0 Å². The van der Waals surface area contributed by atoms with Crippen molar-refractivity contribution in [2.75, 3.05) is 26.2 Å². The maximum absolute atomic E-state index is 13.2. The van der Waals surface area contributed by atoms with Gasteiger partial charge in [0.05, 0.1) is 24.0 Å². The number of nitrogens with one attached hydrogen (secondary N) is 1. The zero-order valence-electron chi connectivity index (χ0n) is 16.1. The molecule has 3 rings (SSSR count). The number of benzene rings is 1. The third-order valence-electron chi connectivity index (χ3n) is 6.15. The van der Waals surface area contributed by atoms with Gasteiger partial charge in [0.1, 0.15) is 0 Å². The van der Waals surface area contributed by atoms with Crippen LogP contribution < -0.4 is 4.90 Å². The van der Waals surface area contributed by atoms with Gasteiger partial charge in [-0.2, -0.15) is 4.31 Å². The molecule has 1 aromatic carbocycles. The molecule has 2 aliphatic rings. The summed E-state index contributed by atoms with van der Waals surface area (Å²) in [4.78, 5) is 2.23. The highest BCUT2D eigenvalue weighted by Gasteiger charge is 2.35. The van der Waals surface area contributed by atoms with E-state index in [9.17, 15) is 8.42 Å². The molecule has 0 unspecified atom stereocenters. The first-order chi connectivity index (χ1) is 11.8. The van der Waals surface area contributed by atoms with Gasteiger partial charge in [0.2, 0.25) is 10.0 Å². The Morgan fingerprint density at radius 1 is 0.960 bits per heavy atom. The van der Waals surface area contributed by atoms with E-state index in [1.807, 2.05) is 32.9 Å². The molecule has 0 radical (unpaired) electrons. The van der Waals surface area contributed by atoms with Crippen molar-refractivity contribution >= 4 is 10.0 Å². The lowest BCUT2D eigenvalue weighted by atomic mass is 9.95. The van der Waals surface area contributed by atoms with E-state index >= 15 is 0 Å². The van der Waals surface area contributed by atoms with Crippen LogP contribution in [-0.4, -0.2) is 44.9 Å². The predicted octanol–water partition coefficient (Wildman–Crippen LogP) is 2.08. The van der Waals surface area contributed by atoms with Gasteiger partial charge >= 0.3 is 0 Å². The molecule has 2 aliphatic heterocycles. The molecule has 0 atom stereocenters. The molecule has 0 spiro atoms. The zero-order chi connectivity index (χ0) is 18.2. The molecule has 0 amide bonds. The summed E-state index contributed by atoms with van der Waals surface area (Å²) in [6, 6.07) is 4.59. The first-order valence-electron chi connectivity index (χ1n) is 9.71. The van der Waals surface area contributed by atoms with Crippen molar-refractivity contribution in [3.8, 4) is 0 Å². The monoisotopic (exact) mass is 365 g/mol. The molecule has 0 aliphatic carbocycles. The van der Waals surface area contributed by atoms with Gasteiger partial charge in [0.25, 0.3) is 0 Å². The van der Waals surface area contributed by atoms with Crippen LogP contribution in [0.1, 0.15) is 49.3 Å². The second-order valence-corrected chi connectivity index (χ2v) is 10.1. The first-order valence-corrected chi connectivity index (χ1v) is 11.2. The second-order valence-electron chi connectivity index (χ2n) is 8.25. The number of sulfonamides is 1. The molecule has 0 aromatic heterocycles. The van der Waals surface area contributed by atoms with Gasteiger partial charge in [-0.15, -0.1) is 0 Å². The second kappa shape index (κ2) is 7.37. The average Bonchev–Trinajstić information content (AvgIpc) is 2.54. The number of quaternary nitrogens is 1. The molecule has 0 bridgehead atoms. The van der Waals surface area contributed by atoms with E-state index in [1.165, 1.54) is 25.9 Å². The third-order valence-corrected chi connectivity index (χ3v) is 8.36. The minimum Gasteiger partial charge on any atom is -0.332 e. The number of nitrogens with zero attached hydrogens (tertiary/aromatic N) is 1. The normalized spacial score (nSPS) is 26.7. The number of rotatable bonds is 3. The van der Waals surface area contributed by atoms with Crippen molar-refractivity contribution in [2.45, 2.75) is 64.3 Å². The maximum Gasteiger partial charge on any atom is 0.243 e. The van der Waals surface area contributed by atoms with Gasteiger partial charge in [-0.25, -0.2) is 8.42 Å². The summed E-state index contributed by atoms with van der Waals surface area (Å²) in [5, 5.41) is 0. The summed E-state index contributed by atoms with van der Waals surface area (Å²) in [5.74, 6) is 0.858. The van der Waals surface area contributed by atoms with Crippen LogP contribution in [0.4, 0.5) is 0 Å². The van der Waals surface area contributed by atoms with E-state index in [0.29, 0.717) is 24.0 Å². The summed E-state index contributed by atoms with van der Waals surface area (Å²) in [5.41, 5.74) is 2.86. The topological polar surface area (TPSA) is 41.8 Å². The molecule has 2 fully saturated rings. The van der Waals surface area contributed by atoms with Gasteiger partial charge in [-0.3, -0.25) is 0 Å². The summed E-state index contributed by atoms with van der Waals surface area (Å²) in [6.45, 7) is 12.0. The molecule has 140 valence electrons. The minimum atomic E-state index is -3.38. The van der Waals surface area contributed by atoms with Crippen LogP contribution in [0, 0.1) is 26.7 Å². The Bertz CT molecular complexity index is 690. The number of hydrogen-bond donors (Lipinski definition) is 1. The van der Waals surface area contributed by atoms with E-state index in [4.69, 9.17) is 0 Å². The molecular weight excluding hydrogens is 332 g/mol. The molecule has 4 nitrogen and oxygen atoms in total. The third kappa shape index (κ3) is 3.93. The van der Waals surface area contributed by atoms with E-state index in [-0.39, 0.29) is 0 Å². The highest BCUT2D eigenvalue weighted by atomic mass is 32.2. The first kappa shape index (κ1) is 18.9. The molecule has 1 aromatic rings. The average molecular weight is 366 g/mol. The van der Waals surface area contributed by atoms with Crippen LogP contribution >= 0.6 is 0 Å². The lowest BCUT2D eigenvalue weighted by Crippen LogP contribution is -3.17. The van der Waals surface area contributed by atoms with Crippen LogP contribution in [0.2, 0.25) is 0 Å².